The summed E-state index contributed by atoms with van der Waals surface area (Å²) < 4.78 is 49.6. The number of aromatic nitrogens is 7. The minimum atomic E-state index is -4.70. The second-order valence-corrected chi connectivity index (χ2v) is 19.7. The fraction of sp³-hybridized carbons (Fsp3) is 0.562. The third-order valence-corrected chi connectivity index (χ3v) is 11.1. The van der Waals surface area contributed by atoms with Gasteiger partial charge in [0.15, 0.2) is 0 Å². The van der Waals surface area contributed by atoms with Gasteiger partial charge >= 0.3 is 6.18 Å². The molecule has 12 nitrogen and oxygen atoms in total. The number of hydrogen-bond acceptors (Lipinski definition) is 10. The molecule has 1 aliphatic carbocycles. The Kier molecular flexibility index (Phi) is 9.58. The van der Waals surface area contributed by atoms with Crippen LogP contribution in [0.15, 0.2) is 37.1 Å². The van der Waals surface area contributed by atoms with E-state index in [0.29, 0.717) is 13.2 Å². The Morgan fingerprint density at radius 2 is 1.94 bits per heavy atom. The molecule has 1 aliphatic heterocycles. The number of halogens is 3. The summed E-state index contributed by atoms with van der Waals surface area (Å²) in [6.07, 6.45) is 5.91. The molecular formula is C32H41F3N10O2Si. The normalized spacial score (nSPS) is 20.9. The minimum absolute atomic E-state index is 0.0577. The van der Waals surface area contributed by atoms with Crippen molar-refractivity contribution in [1.29, 1.82) is 5.26 Å². The first kappa shape index (κ1) is 34.0. The van der Waals surface area contributed by atoms with Gasteiger partial charge in [0.1, 0.15) is 24.5 Å². The summed E-state index contributed by atoms with van der Waals surface area (Å²) in [6.45, 7) is 9.05. The van der Waals surface area contributed by atoms with Crippen LogP contribution in [0, 0.1) is 11.3 Å². The lowest BCUT2D eigenvalue weighted by Crippen LogP contribution is -2.58. The molecule has 2 aliphatic rings. The van der Waals surface area contributed by atoms with Gasteiger partial charge in [0.05, 0.1) is 42.2 Å². The van der Waals surface area contributed by atoms with E-state index >= 15 is 0 Å². The zero-order chi connectivity index (χ0) is 34.1. The number of fused-ring (bicyclic) bond motifs is 1. The Bertz CT molecular complexity index is 1770. The van der Waals surface area contributed by atoms with Crippen molar-refractivity contribution in [3.63, 3.8) is 0 Å². The number of nitriles is 1. The summed E-state index contributed by atoms with van der Waals surface area (Å²) >= 11 is 0. The molecule has 4 aromatic heterocycles. The predicted molar refractivity (Wildman–Crippen MR) is 175 cm³/mol. The fourth-order valence-corrected chi connectivity index (χ4v) is 7.37. The molecular weight excluding hydrogens is 641 g/mol. The number of rotatable bonds is 12. The van der Waals surface area contributed by atoms with Crippen molar-refractivity contribution in [2.75, 3.05) is 25.0 Å². The van der Waals surface area contributed by atoms with E-state index in [0.717, 1.165) is 73.7 Å². The Morgan fingerprint density at radius 3 is 2.62 bits per heavy atom. The molecule has 5 heterocycles. The van der Waals surface area contributed by atoms with Gasteiger partial charge in [-0.15, -0.1) is 0 Å². The molecule has 1 saturated carbocycles. The lowest BCUT2D eigenvalue weighted by Gasteiger charge is -2.52. The van der Waals surface area contributed by atoms with E-state index in [-0.39, 0.29) is 23.6 Å². The first-order valence-electron chi connectivity index (χ1n) is 16.2. The van der Waals surface area contributed by atoms with Crippen molar-refractivity contribution in [3.05, 3.63) is 48.6 Å². The number of piperidine rings is 1. The molecule has 0 aromatic carbocycles. The second-order valence-electron chi connectivity index (χ2n) is 14.1. The van der Waals surface area contributed by atoms with Gasteiger partial charge in [0, 0.05) is 69.3 Å². The maximum atomic E-state index is 13.2. The highest BCUT2D eigenvalue weighted by Crippen LogP contribution is 2.45. The third kappa shape index (κ3) is 7.38. The highest BCUT2D eigenvalue weighted by Gasteiger charge is 2.49. The molecule has 0 amide bonds. The summed E-state index contributed by atoms with van der Waals surface area (Å²) in [5.41, 5.74) is 1.92. The standard InChI is InChI=1S/C32H41F3N10O2Si/c1-48(2,3)13-12-47-21-44-11-6-26-28(37-20-38-29(26)44)22-17-39-45(18-22)31(7-8-36)15-25(16-31)43-9-4-23(5-10-43)40-27-14-24(19-46)41-30(42-27)32(33,34)35/h6,11,14,17-18,20,23,25,46H,4-5,7,9-10,12-13,15-16,19,21H2,1-3H3,(H,40,41,42)/t25-,31-. The number of nitrogens with zero attached hydrogens (tertiary/aromatic N) is 9. The molecule has 0 unspecified atom stereocenters. The fourth-order valence-electron chi connectivity index (χ4n) is 6.62. The highest BCUT2D eigenvalue weighted by atomic mass is 28.3. The lowest BCUT2D eigenvalue weighted by atomic mass is 9.69. The third-order valence-electron chi connectivity index (χ3n) is 9.36. The van der Waals surface area contributed by atoms with E-state index in [2.05, 4.69) is 55.9 Å². The van der Waals surface area contributed by atoms with E-state index < -0.39 is 32.2 Å². The predicted octanol–water partition coefficient (Wildman–Crippen LogP) is 5.26. The smallest absolute Gasteiger partial charge is 0.390 e. The molecule has 48 heavy (non-hydrogen) atoms. The van der Waals surface area contributed by atoms with Gasteiger partial charge in [0.2, 0.25) is 5.82 Å². The number of nitrogens with one attached hydrogen (secondary N) is 1. The van der Waals surface area contributed by atoms with E-state index in [1.54, 1.807) is 12.5 Å². The van der Waals surface area contributed by atoms with Gasteiger partial charge in [-0.3, -0.25) is 4.68 Å². The average Bonchev–Trinajstić information content (AvgIpc) is 3.68. The van der Waals surface area contributed by atoms with Gasteiger partial charge in [-0.25, -0.2) is 19.9 Å². The largest absolute Gasteiger partial charge is 0.451 e. The van der Waals surface area contributed by atoms with Gasteiger partial charge in [-0.05, 0) is 37.8 Å². The van der Waals surface area contributed by atoms with Crippen LogP contribution in [0.5, 0.6) is 0 Å². The molecule has 2 fully saturated rings. The average molecular weight is 683 g/mol. The SMILES string of the molecule is C[Si](C)(C)CCOCn1ccc2c(-c3cnn([C@]4(CC#N)C[C@@H](N5CCC(Nc6cc(CO)nc(C(F)(F)F)n6)CC5)C4)c3)ncnc21. The number of aliphatic hydroxyl groups excluding tert-OH is 1. The molecule has 0 radical (unpaired) electrons. The molecule has 6 rings (SSSR count). The topological polar surface area (TPSA) is 143 Å². The maximum Gasteiger partial charge on any atom is 0.451 e. The Labute approximate surface area is 278 Å². The monoisotopic (exact) mass is 682 g/mol. The van der Waals surface area contributed by atoms with E-state index in [4.69, 9.17) is 9.84 Å². The molecule has 2 N–H and O–H groups in total. The highest BCUT2D eigenvalue weighted by molar-refractivity contribution is 6.76. The van der Waals surface area contributed by atoms with E-state index in [1.165, 1.54) is 6.07 Å². The quantitative estimate of drug-likeness (QED) is 0.150. The molecule has 16 heteroatoms. The summed E-state index contributed by atoms with van der Waals surface area (Å²) in [5, 5.41) is 27.9. The Morgan fingerprint density at radius 1 is 1.17 bits per heavy atom. The van der Waals surface area contributed by atoms with Crippen molar-refractivity contribution < 1.29 is 23.0 Å². The van der Waals surface area contributed by atoms with Crippen molar-refractivity contribution >= 4 is 24.9 Å². The van der Waals surface area contributed by atoms with Crippen molar-refractivity contribution in [1.82, 2.24) is 39.2 Å². The number of aliphatic hydroxyl groups is 1. The number of ether oxygens (including phenoxy) is 1. The first-order chi connectivity index (χ1) is 22.9. The summed E-state index contributed by atoms with van der Waals surface area (Å²) in [6, 6.07) is 7.03. The van der Waals surface area contributed by atoms with Gasteiger partial charge in [-0.1, -0.05) is 19.6 Å². The van der Waals surface area contributed by atoms with Crippen LogP contribution in [-0.4, -0.2) is 84.1 Å². The number of alkyl halides is 3. The van der Waals surface area contributed by atoms with E-state index in [1.807, 2.05) is 27.7 Å². The van der Waals surface area contributed by atoms with Crippen LogP contribution in [0.3, 0.4) is 0 Å². The van der Waals surface area contributed by atoms with Crippen LogP contribution in [0.25, 0.3) is 22.3 Å². The van der Waals surface area contributed by atoms with Crippen LogP contribution in [0.1, 0.15) is 43.6 Å². The van der Waals surface area contributed by atoms with Crippen LogP contribution in [0.4, 0.5) is 19.0 Å². The second kappa shape index (κ2) is 13.5. The van der Waals surface area contributed by atoms with E-state index in [9.17, 15) is 23.5 Å². The van der Waals surface area contributed by atoms with Crippen LogP contribution in [0.2, 0.25) is 25.7 Å². The van der Waals surface area contributed by atoms with Crippen LogP contribution < -0.4 is 5.32 Å². The lowest BCUT2D eigenvalue weighted by molar-refractivity contribution is -0.145. The molecule has 0 spiro atoms. The van der Waals surface area contributed by atoms with Gasteiger partial charge in [-0.2, -0.15) is 23.5 Å². The Hall–Kier alpha value is -3.91. The summed E-state index contributed by atoms with van der Waals surface area (Å²) in [7, 11) is -1.18. The zero-order valence-electron chi connectivity index (χ0n) is 27.4. The molecule has 0 bridgehead atoms. The van der Waals surface area contributed by atoms with Crippen LogP contribution >= 0.6 is 0 Å². The first-order valence-corrected chi connectivity index (χ1v) is 19.9. The van der Waals surface area contributed by atoms with Crippen molar-refractivity contribution in [3.8, 4) is 17.3 Å². The zero-order valence-corrected chi connectivity index (χ0v) is 28.4. The minimum Gasteiger partial charge on any atom is -0.390 e. The number of likely N-dealkylation sites (tertiary alicyclic amines) is 1. The van der Waals surface area contributed by atoms with Gasteiger partial charge < -0.3 is 24.6 Å². The number of anilines is 1. The maximum absolute atomic E-state index is 13.2. The van der Waals surface area contributed by atoms with Crippen LogP contribution in [-0.2, 0) is 29.8 Å². The Balaban J connectivity index is 1.08. The molecule has 4 aromatic rings. The molecule has 0 atom stereocenters. The molecule has 1 saturated heterocycles. The van der Waals surface area contributed by atoms with Gasteiger partial charge in [0.25, 0.3) is 0 Å². The molecule has 256 valence electrons. The van der Waals surface area contributed by atoms with Crippen molar-refractivity contribution in [2.24, 2.45) is 0 Å². The summed E-state index contributed by atoms with van der Waals surface area (Å²) in [5.74, 6) is -1.20. The van der Waals surface area contributed by atoms with Crippen molar-refractivity contribution in [2.45, 2.75) is 94.9 Å². The number of hydrogen-bond donors (Lipinski definition) is 2. The summed E-state index contributed by atoms with van der Waals surface area (Å²) in [4.78, 5) is 18.5.